The molecule has 1 aromatic heterocycles. The zero-order chi connectivity index (χ0) is 17.6. The quantitative estimate of drug-likeness (QED) is 0.698. The summed E-state index contributed by atoms with van der Waals surface area (Å²) >= 11 is 5.97. The number of rotatable bonds is 3. The fourth-order valence-corrected chi connectivity index (χ4v) is 3.26. The molecular weight excluding hydrogens is 351 g/mol. The molecular formula is C17H12ClFN2O4. The van der Waals surface area contributed by atoms with Gasteiger partial charge in [0.2, 0.25) is 5.88 Å². The van der Waals surface area contributed by atoms with Gasteiger partial charge in [-0.05, 0) is 35.5 Å². The summed E-state index contributed by atoms with van der Waals surface area (Å²) in [6, 6.07) is 7.54. The van der Waals surface area contributed by atoms with Gasteiger partial charge in [0.25, 0.3) is 0 Å². The lowest BCUT2D eigenvalue weighted by molar-refractivity contribution is -0.0173. The van der Waals surface area contributed by atoms with Gasteiger partial charge in [0, 0.05) is 21.5 Å². The molecule has 0 radical (unpaired) electrons. The Labute approximate surface area is 146 Å². The monoisotopic (exact) mass is 362 g/mol. The Morgan fingerprint density at radius 1 is 1.32 bits per heavy atom. The Morgan fingerprint density at radius 2 is 2.16 bits per heavy atom. The van der Waals surface area contributed by atoms with Crippen LogP contribution in [0.3, 0.4) is 0 Å². The first kappa shape index (κ1) is 15.9. The molecule has 3 aromatic rings. The molecule has 128 valence electrons. The van der Waals surface area contributed by atoms with Crippen LogP contribution < -0.4 is 4.74 Å². The largest absolute Gasteiger partial charge is 0.493 e. The molecule has 2 heterocycles. The molecule has 0 saturated heterocycles. The van der Waals surface area contributed by atoms with Crippen LogP contribution in [0.4, 0.5) is 10.1 Å². The Hall–Kier alpha value is -2.64. The first-order valence-electron chi connectivity index (χ1n) is 7.44. The van der Waals surface area contributed by atoms with E-state index >= 15 is 0 Å². The van der Waals surface area contributed by atoms with Crippen molar-refractivity contribution in [3.05, 3.63) is 57.2 Å². The van der Waals surface area contributed by atoms with Gasteiger partial charge in [-0.15, -0.1) is 4.91 Å². The fraction of sp³-hybridized carbons (Fsp3) is 0.176. The summed E-state index contributed by atoms with van der Waals surface area (Å²) in [5.41, 5.74) is 1.57. The second kappa shape index (κ2) is 6.02. The summed E-state index contributed by atoms with van der Waals surface area (Å²) in [5, 5.41) is 14.1. The predicted octanol–water partition coefficient (Wildman–Crippen LogP) is 4.45. The van der Waals surface area contributed by atoms with Crippen molar-refractivity contribution in [3.63, 3.8) is 0 Å². The number of hydrogen-bond acceptors (Lipinski definition) is 5. The third-order valence-corrected chi connectivity index (χ3v) is 4.38. The minimum Gasteiger partial charge on any atom is -0.493 e. The summed E-state index contributed by atoms with van der Waals surface area (Å²) in [6.07, 6.45) is 0. The summed E-state index contributed by atoms with van der Waals surface area (Å²) in [5.74, 6) is -0.226. The maximum absolute atomic E-state index is 13.9. The minimum absolute atomic E-state index is 0.0702. The molecule has 25 heavy (non-hydrogen) atoms. The minimum atomic E-state index is -0.435. The van der Waals surface area contributed by atoms with Crippen LogP contribution >= 0.6 is 11.6 Å². The lowest BCUT2D eigenvalue weighted by atomic mass is 10.1. The van der Waals surface area contributed by atoms with Crippen molar-refractivity contribution in [1.82, 2.24) is 4.57 Å². The predicted molar refractivity (Wildman–Crippen MR) is 89.9 cm³/mol. The van der Waals surface area contributed by atoms with E-state index in [9.17, 15) is 14.4 Å². The first-order valence-corrected chi connectivity index (χ1v) is 7.82. The number of ether oxygens (including phenoxy) is 2. The maximum Gasteiger partial charge on any atom is 0.222 e. The van der Waals surface area contributed by atoms with Crippen molar-refractivity contribution in [2.24, 2.45) is 5.18 Å². The van der Waals surface area contributed by atoms with E-state index in [4.69, 9.17) is 21.1 Å². The SMILES string of the molecule is O=Nc1c(O)n(Cc2cc(F)cc3c2OCOC3)c2ccc(Cl)cc12. The molecule has 0 bridgehead atoms. The molecule has 0 spiro atoms. The van der Waals surface area contributed by atoms with Crippen LogP contribution in [0.5, 0.6) is 11.6 Å². The highest BCUT2D eigenvalue weighted by Gasteiger charge is 2.22. The van der Waals surface area contributed by atoms with E-state index in [1.165, 1.54) is 16.7 Å². The fourth-order valence-electron chi connectivity index (χ4n) is 3.09. The van der Waals surface area contributed by atoms with E-state index in [2.05, 4.69) is 5.18 Å². The Kier molecular flexibility index (Phi) is 3.82. The number of nitrogens with zero attached hydrogens (tertiary/aromatic N) is 2. The third-order valence-electron chi connectivity index (χ3n) is 4.14. The van der Waals surface area contributed by atoms with Crippen molar-refractivity contribution in [2.75, 3.05) is 6.79 Å². The number of benzene rings is 2. The molecule has 0 atom stereocenters. The zero-order valence-electron chi connectivity index (χ0n) is 12.8. The molecule has 1 N–H and O–H groups in total. The van der Waals surface area contributed by atoms with Gasteiger partial charge < -0.3 is 19.1 Å². The van der Waals surface area contributed by atoms with Gasteiger partial charge in [0.1, 0.15) is 11.6 Å². The average molecular weight is 363 g/mol. The summed E-state index contributed by atoms with van der Waals surface area (Å²) in [4.78, 5) is 11.1. The number of aromatic hydroxyl groups is 1. The molecule has 0 unspecified atom stereocenters. The molecule has 1 aliphatic heterocycles. The van der Waals surface area contributed by atoms with Gasteiger partial charge in [-0.2, -0.15) is 0 Å². The topological polar surface area (TPSA) is 73.0 Å². The number of fused-ring (bicyclic) bond motifs is 2. The van der Waals surface area contributed by atoms with Crippen molar-refractivity contribution < 1.29 is 19.0 Å². The highest BCUT2D eigenvalue weighted by atomic mass is 35.5. The van der Waals surface area contributed by atoms with Gasteiger partial charge in [-0.3, -0.25) is 0 Å². The number of halogens is 2. The highest BCUT2D eigenvalue weighted by molar-refractivity contribution is 6.31. The van der Waals surface area contributed by atoms with Crippen molar-refractivity contribution in [3.8, 4) is 11.6 Å². The van der Waals surface area contributed by atoms with E-state index in [1.54, 1.807) is 18.2 Å². The van der Waals surface area contributed by atoms with Crippen LogP contribution in [-0.2, 0) is 17.9 Å². The van der Waals surface area contributed by atoms with E-state index < -0.39 is 5.82 Å². The Morgan fingerprint density at radius 3 is 2.96 bits per heavy atom. The van der Waals surface area contributed by atoms with Crippen LogP contribution in [0.15, 0.2) is 35.5 Å². The Balaban J connectivity index is 1.89. The highest BCUT2D eigenvalue weighted by Crippen LogP contribution is 2.41. The zero-order valence-corrected chi connectivity index (χ0v) is 13.6. The molecule has 4 rings (SSSR count). The van der Waals surface area contributed by atoms with Gasteiger partial charge in [0.05, 0.1) is 18.7 Å². The second-order valence-corrected chi connectivity index (χ2v) is 6.11. The van der Waals surface area contributed by atoms with Crippen LogP contribution in [0.1, 0.15) is 11.1 Å². The van der Waals surface area contributed by atoms with Crippen molar-refractivity contribution >= 4 is 28.2 Å². The van der Waals surface area contributed by atoms with Crippen molar-refractivity contribution in [1.29, 1.82) is 0 Å². The number of hydrogen-bond donors (Lipinski definition) is 1. The molecule has 0 aliphatic carbocycles. The smallest absolute Gasteiger partial charge is 0.222 e. The number of aromatic nitrogens is 1. The van der Waals surface area contributed by atoms with E-state index in [-0.39, 0.29) is 31.5 Å². The van der Waals surface area contributed by atoms with Gasteiger partial charge >= 0.3 is 0 Å². The van der Waals surface area contributed by atoms with E-state index in [0.29, 0.717) is 32.8 Å². The molecule has 2 aromatic carbocycles. The lowest BCUT2D eigenvalue weighted by Crippen LogP contribution is -2.14. The van der Waals surface area contributed by atoms with Gasteiger partial charge in [-0.25, -0.2) is 4.39 Å². The first-order chi connectivity index (χ1) is 12.1. The molecule has 0 amide bonds. The maximum atomic E-state index is 13.9. The lowest BCUT2D eigenvalue weighted by Gasteiger charge is -2.21. The standard InChI is InChI=1S/C17H12ClFN2O4/c18-11-1-2-14-13(5-11)15(20-23)17(22)21(14)6-9-3-12(19)4-10-7-24-8-25-16(9)10/h1-5,22H,6-8H2. The summed E-state index contributed by atoms with van der Waals surface area (Å²) in [7, 11) is 0. The van der Waals surface area contributed by atoms with Gasteiger partial charge in [-0.1, -0.05) is 11.6 Å². The number of nitroso groups, excluding NO2 is 1. The molecule has 0 fully saturated rings. The Bertz CT molecular complexity index is 1000. The second-order valence-electron chi connectivity index (χ2n) is 5.67. The van der Waals surface area contributed by atoms with Crippen LogP contribution in [0, 0.1) is 10.7 Å². The molecule has 6 nitrogen and oxygen atoms in total. The van der Waals surface area contributed by atoms with Crippen LogP contribution in [0.2, 0.25) is 5.02 Å². The average Bonchev–Trinajstić information content (AvgIpc) is 2.85. The van der Waals surface area contributed by atoms with E-state index in [1.807, 2.05) is 0 Å². The third kappa shape index (κ3) is 2.61. The van der Waals surface area contributed by atoms with E-state index in [0.717, 1.165) is 0 Å². The molecule has 1 aliphatic rings. The molecule has 0 saturated carbocycles. The van der Waals surface area contributed by atoms with Gasteiger partial charge in [0.15, 0.2) is 12.5 Å². The van der Waals surface area contributed by atoms with Crippen LogP contribution in [0.25, 0.3) is 10.9 Å². The summed E-state index contributed by atoms with van der Waals surface area (Å²) < 4.78 is 26.1. The van der Waals surface area contributed by atoms with Crippen molar-refractivity contribution in [2.45, 2.75) is 13.2 Å². The van der Waals surface area contributed by atoms with Crippen LogP contribution in [-0.4, -0.2) is 16.5 Å². The molecule has 8 heteroatoms. The summed E-state index contributed by atoms with van der Waals surface area (Å²) in [6.45, 7) is 0.412. The normalized spacial score (nSPS) is 13.5.